The SMILES string of the molecule is CC1=N[C@@H](C)C(C)=C2CC(N(C)S(=O)(=O)C3CC3)CN12. The predicted molar refractivity (Wildman–Crippen MR) is 80.1 cm³/mol. The van der Waals surface area contributed by atoms with Crippen LogP contribution in [0.1, 0.15) is 40.0 Å². The maximum Gasteiger partial charge on any atom is 0.217 e. The van der Waals surface area contributed by atoms with Crippen molar-refractivity contribution in [2.75, 3.05) is 13.6 Å². The normalized spacial score (nSPS) is 30.9. The number of fused-ring (bicyclic) bond motifs is 1. The van der Waals surface area contributed by atoms with Gasteiger partial charge in [0.15, 0.2) is 0 Å². The molecular weight excluding hydrogens is 274 g/mol. The van der Waals surface area contributed by atoms with E-state index in [1.54, 1.807) is 11.4 Å². The molecule has 0 bridgehead atoms. The van der Waals surface area contributed by atoms with E-state index in [2.05, 4.69) is 23.7 Å². The molecule has 0 aromatic carbocycles. The Morgan fingerprint density at radius 1 is 1.30 bits per heavy atom. The Morgan fingerprint density at radius 2 is 1.95 bits per heavy atom. The second-order valence-electron chi connectivity index (χ2n) is 6.21. The van der Waals surface area contributed by atoms with Crippen molar-refractivity contribution in [1.29, 1.82) is 0 Å². The van der Waals surface area contributed by atoms with Gasteiger partial charge in [-0.25, -0.2) is 8.42 Å². The zero-order valence-electron chi connectivity index (χ0n) is 12.6. The van der Waals surface area contributed by atoms with Gasteiger partial charge in [0.25, 0.3) is 0 Å². The van der Waals surface area contributed by atoms with Crippen molar-refractivity contribution in [2.45, 2.75) is 57.4 Å². The van der Waals surface area contributed by atoms with E-state index in [1.807, 2.05) is 6.92 Å². The third kappa shape index (κ3) is 2.09. The molecule has 5 nitrogen and oxygen atoms in total. The van der Waals surface area contributed by atoms with Crippen molar-refractivity contribution in [1.82, 2.24) is 9.21 Å². The minimum atomic E-state index is -3.10. The number of hydrogen-bond acceptors (Lipinski definition) is 4. The monoisotopic (exact) mass is 297 g/mol. The number of sulfonamides is 1. The average Bonchev–Trinajstić information content (AvgIpc) is 3.15. The largest absolute Gasteiger partial charge is 0.332 e. The van der Waals surface area contributed by atoms with E-state index in [-0.39, 0.29) is 17.3 Å². The molecular formula is C14H23N3O2S. The Labute approximate surface area is 121 Å². The molecule has 20 heavy (non-hydrogen) atoms. The first kappa shape index (κ1) is 14.1. The number of likely N-dealkylation sites (N-methyl/N-ethyl adjacent to an activating group) is 1. The quantitative estimate of drug-likeness (QED) is 0.795. The molecule has 2 heterocycles. The Balaban J connectivity index is 1.84. The zero-order chi connectivity index (χ0) is 14.7. The van der Waals surface area contributed by atoms with Crippen LogP contribution in [-0.2, 0) is 10.0 Å². The molecule has 3 rings (SSSR count). The van der Waals surface area contributed by atoms with Crippen LogP contribution in [0.4, 0.5) is 0 Å². The van der Waals surface area contributed by atoms with E-state index < -0.39 is 10.0 Å². The number of rotatable bonds is 3. The lowest BCUT2D eigenvalue weighted by molar-refractivity contribution is 0.369. The highest BCUT2D eigenvalue weighted by atomic mass is 32.2. The average molecular weight is 297 g/mol. The molecule has 112 valence electrons. The van der Waals surface area contributed by atoms with Crippen LogP contribution in [0, 0.1) is 0 Å². The minimum Gasteiger partial charge on any atom is -0.332 e. The van der Waals surface area contributed by atoms with Crippen molar-refractivity contribution in [2.24, 2.45) is 4.99 Å². The first-order valence-electron chi connectivity index (χ1n) is 7.30. The first-order chi connectivity index (χ1) is 9.32. The fourth-order valence-electron chi connectivity index (χ4n) is 3.16. The van der Waals surface area contributed by atoms with Gasteiger partial charge in [0, 0.05) is 31.8 Å². The van der Waals surface area contributed by atoms with Gasteiger partial charge in [-0.3, -0.25) is 4.99 Å². The Bertz CT molecular complexity index is 590. The molecule has 2 aliphatic heterocycles. The van der Waals surface area contributed by atoms with Crippen LogP contribution < -0.4 is 0 Å². The van der Waals surface area contributed by atoms with Gasteiger partial charge in [-0.15, -0.1) is 0 Å². The molecule has 2 fully saturated rings. The Hall–Kier alpha value is -0.880. The van der Waals surface area contributed by atoms with Crippen molar-refractivity contribution in [3.05, 3.63) is 11.3 Å². The number of hydrogen-bond donors (Lipinski definition) is 0. The zero-order valence-corrected chi connectivity index (χ0v) is 13.4. The van der Waals surface area contributed by atoms with Crippen molar-refractivity contribution in [3.8, 4) is 0 Å². The van der Waals surface area contributed by atoms with E-state index in [0.29, 0.717) is 0 Å². The molecule has 0 spiro atoms. The van der Waals surface area contributed by atoms with Gasteiger partial charge >= 0.3 is 0 Å². The van der Waals surface area contributed by atoms with Crippen molar-refractivity contribution in [3.63, 3.8) is 0 Å². The van der Waals surface area contributed by atoms with Gasteiger partial charge < -0.3 is 4.90 Å². The fourth-order valence-corrected chi connectivity index (χ4v) is 4.92. The third-order valence-corrected chi connectivity index (χ3v) is 7.28. The van der Waals surface area contributed by atoms with E-state index in [1.165, 1.54) is 11.3 Å². The molecule has 6 heteroatoms. The molecule has 1 saturated heterocycles. The first-order valence-corrected chi connectivity index (χ1v) is 8.81. The van der Waals surface area contributed by atoms with E-state index in [4.69, 9.17) is 0 Å². The molecule has 0 N–H and O–H groups in total. The van der Waals surface area contributed by atoms with Gasteiger partial charge in [-0.2, -0.15) is 4.31 Å². The number of aliphatic imine (C=N–C) groups is 1. The molecule has 0 amide bonds. The minimum absolute atomic E-state index is 0.0426. The molecule has 1 saturated carbocycles. The molecule has 1 unspecified atom stereocenters. The van der Waals surface area contributed by atoms with Gasteiger partial charge in [-0.1, -0.05) is 0 Å². The van der Waals surface area contributed by atoms with Gasteiger partial charge in [0.2, 0.25) is 10.0 Å². The Morgan fingerprint density at radius 3 is 2.55 bits per heavy atom. The molecule has 0 radical (unpaired) electrons. The summed E-state index contributed by atoms with van der Waals surface area (Å²) in [7, 11) is -1.36. The lowest BCUT2D eigenvalue weighted by Crippen LogP contribution is -2.41. The van der Waals surface area contributed by atoms with Crippen LogP contribution in [0.5, 0.6) is 0 Å². The topological polar surface area (TPSA) is 53.0 Å². The summed E-state index contributed by atoms with van der Waals surface area (Å²) in [5.41, 5.74) is 2.54. The van der Waals surface area contributed by atoms with Crippen LogP contribution in [0.2, 0.25) is 0 Å². The smallest absolute Gasteiger partial charge is 0.217 e. The highest BCUT2D eigenvalue weighted by Gasteiger charge is 2.44. The summed E-state index contributed by atoms with van der Waals surface area (Å²) in [6.45, 7) is 6.96. The number of amidine groups is 1. The van der Waals surface area contributed by atoms with Crippen LogP contribution in [0.3, 0.4) is 0 Å². The summed E-state index contributed by atoms with van der Waals surface area (Å²) in [5, 5.41) is -0.131. The van der Waals surface area contributed by atoms with Crippen LogP contribution in [0.25, 0.3) is 0 Å². The van der Waals surface area contributed by atoms with Gasteiger partial charge in [-0.05, 0) is 39.2 Å². The molecule has 3 aliphatic rings. The second kappa shape index (κ2) is 4.56. The standard InChI is InChI=1S/C14H23N3O2S/c1-9-10(2)15-11(3)17-8-12(7-14(9)17)16(4)20(18,19)13-5-6-13/h10,12-13H,5-8H2,1-4H3/t10-,12?/m0/s1. The van der Waals surface area contributed by atoms with Crippen molar-refractivity contribution >= 4 is 15.9 Å². The maximum atomic E-state index is 12.4. The predicted octanol–water partition coefficient (Wildman–Crippen LogP) is 1.58. The van der Waals surface area contributed by atoms with E-state index in [9.17, 15) is 8.42 Å². The summed E-state index contributed by atoms with van der Waals surface area (Å²) in [6, 6.07) is 0.256. The van der Waals surface area contributed by atoms with Gasteiger partial charge in [0.1, 0.15) is 5.84 Å². The second-order valence-corrected chi connectivity index (χ2v) is 8.48. The molecule has 0 aromatic heterocycles. The summed E-state index contributed by atoms with van der Waals surface area (Å²) in [5.74, 6) is 1.01. The third-order valence-electron chi connectivity index (χ3n) is 4.86. The lowest BCUT2D eigenvalue weighted by Gasteiger charge is -2.29. The Kier molecular flexibility index (Phi) is 3.21. The van der Waals surface area contributed by atoms with Crippen LogP contribution >= 0.6 is 0 Å². The highest BCUT2D eigenvalue weighted by Crippen LogP contribution is 2.37. The highest BCUT2D eigenvalue weighted by molar-refractivity contribution is 7.90. The summed E-state index contributed by atoms with van der Waals surface area (Å²) >= 11 is 0. The summed E-state index contributed by atoms with van der Waals surface area (Å²) < 4.78 is 26.4. The number of nitrogens with zero attached hydrogens (tertiary/aromatic N) is 3. The van der Waals surface area contributed by atoms with Crippen LogP contribution in [0.15, 0.2) is 16.3 Å². The summed E-state index contributed by atoms with van der Waals surface area (Å²) in [6.07, 6.45) is 2.45. The van der Waals surface area contributed by atoms with E-state index >= 15 is 0 Å². The van der Waals surface area contributed by atoms with Crippen molar-refractivity contribution < 1.29 is 8.42 Å². The van der Waals surface area contributed by atoms with E-state index in [0.717, 1.165) is 31.6 Å². The fraction of sp³-hybridized carbons (Fsp3) is 0.786. The molecule has 2 atom stereocenters. The molecule has 1 aliphatic carbocycles. The van der Waals surface area contributed by atoms with Gasteiger partial charge in [0.05, 0.1) is 11.3 Å². The summed E-state index contributed by atoms with van der Waals surface area (Å²) in [4.78, 5) is 6.82. The van der Waals surface area contributed by atoms with Crippen LogP contribution in [-0.4, -0.2) is 54.4 Å². The lowest BCUT2D eigenvalue weighted by atomic mass is 10.0. The molecule has 0 aromatic rings. The maximum absolute atomic E-state index is 12.4.